The van der Waals surface area contributed by atoms with Crippen molar-refractivity contribution >= 4 is 5.91 Å². The van der Waals surface area contributed by atoms with Gasteiger partial charge in [-0.05, 0) is 48.7 Å². The summed E-state index contributed by atoms with van der Waals surface area (Å²) in [6, 6.07) is 11.2. The van der Waals surface area contributed by atoms with E-state index in [0.717, 1.165) is 23.3 Å². The Balaban J connectivity index is 1.56. The summed E-state index contributed by atoms with van der Waals surface area (Å²) in [5, 5.41) is 2.92. The highest BCUT2D eigenvalue weighted by molar-refractivity contribution is 5.94. The third kappa shape index (κ3) is 3.39. The Hall–Kier alpha value is -2.69. The number of hydrogen-bond donors (Lipinski definition) is 1. The monoisotopic (exact) mass is 313 g/mol. The van der Waals surface area contributed by atoms with Gasteiger partial charge in [-0.15, -0.1) is 0 Å². The summed E-state index contributed by atoms with van der Waals surface area (Å²) in [6.07, 6.45) is 0.765. The van der Waals surface area contributed by atoms with Gasteiger partial charge in [0.05, 0.1) is 7.11 Å². The van der Waals surface area contributed by atoms with Gasteiger partial charge in [0.25, 0.3) is 5.91 Å². The molecule has 1 aliphatic heterocycles. The second-order valence-corrected chi connectivity index (χ2v) is 5.38. The first kappa shape index (κ1) is 15.2. The Kier molecular flexibility index (Phi) is 4.37. The van der Waals surface area contributed by atoms with Crippen LogP contribution in [0.3, 0.4) is 0 Å². The van der Waals surface area contributed by atoms with Gasteiger partial charge < -0.3 is 19.5 Å². The number of benzene rings is 2. The van der Waals surface area contributed by atoms with Gasteiger partial charge in [-0.3, -0.25) is 4.79 Å². The second-order valence-electron chi connectivity index (χ2n) is 5.38. The molecule has 0 atom stereocenters. The molecule has 0 unspecified atom stereocenters. The van der Waals surface area contributed by atoms with E-state index in [1.165, 1.54) is 0 Å². The summed E-state index contributed by atoms with van der Waals surface area (Å²) >= 11 is 0. The number of carbonyl (C=O) groups excluding carboxylic acids is 1. The number of fused-ring (bicyclic) bond motifs is 1. The summed E-state index contributed by atoms with van der Waals surface area (Å²) < 4.78 is 15.8. The molecule has 3 rings (SSSR count). The summed E-state index contributed by atoms with van der Waals surface area (Å²) in [5.41, 5.74) is 2.82. The van der Waals surface area contributed by atoms with E-state index in [2.05, 4.69) is 11.4 Å². The molecule has 1 heterocycles. The van der Waals surface area contributed by atoms with Crippen molar-refractivity contribution in [2.24, 2.45) is 0 Å². The molecular formula is C18H19NO4. The largest absolute Gasteiger partial charge is 0.496 e. The van der Waals surface area contributed by atoms with E-state index in [1.54, 1.807) is 25.3 Å². The third-order valence-electron chi connectivity index (χ3n) is 3.79. The third-order valence-corrected chi connectivity index (χ3v) is 3.79. The van der Waals surface area contributed by atoms with Crippen LogP contribution in [-0.4, -0.2) is 26.4 Å². The fourth-order valence-corrected chi connectivity index (χ4v) is 2.56. The minimum atomic E-state index is -0.117. The van der Waals surface area contributed by atoms with Crippen molar-refractivity contribution < 1.29 is 19.0 Å². The van der Waals surface area contributed by atoms with Crippen molar-refractivity contribution in [1.82, 2.24) is 5.32 Å². The molecule has 1 N–H and O–H groups in total. The summed E-state index contributed by atoms with van der Waals surface area (Å²) in [5.74, 6) is 2.05. The fraction of sp³-hybridized carbons (Fsp3) is 0.278. The molecule has 0 saturated heterocycles. The number of aryl methyl sites for hydroxylation is 1. The van der Waals surface area contributed by atoms with Crippen LogP contribution in [0.25, 0.3) is 0 Å². The molecule has 0 bridgehead atoms. The van der Waals surface area contributed by atoms with Crippen LogP contribution >= 0.6 is 0 Å². The lowest BCUT2D eigenvalue weighted by molar-refractivity contribution is 0.0953. The number of hydrogen-bond acceptors (Lipinski definition) is 4. The summed E-state index contributed by atoms with van der Waals surface area (Å²) in [7, 11) is 1.66. The molecule has 5 heteroatoms. The molecule has 0 aromatic heterocycles. The van der Waals surface area contributed by atoms with Gasteiger partial charge in [-0.25, -0.2) is 0 Å². The van der Waals surface area contributed by atoms with Crippen LogP contribution in [0.1, 0.15) is 21.5 Å². The Morgan fingerprint density at radius 3 is 2.78 bits per heavy atom. The second kappa shape index (κ2) is 6.60. The highest BCUT2D eigenvalue weighted by Crippen LogP contribution is 2.32. The van der Waals surface area contributed by atoms with E-state index in [4.69, 9.17) is 14.2 Å². The van der Waals surface area contributed by atoms with E-state index in [-0.39, 0.29) is 12.7 Å². The molecule has 0 fully saturated rings. The van der Waals surface area contributed by atoms with Crippen molar-refractivity contribution in [3.63, 3.8) is 0 Å². The van der Waals surface area contributed by atoms with Crippen molar-refractivity contribution in [1.29, 1.82) is 0 Å². The predicted molar refractivity (Wildman–Crippen MR) is 86.3 cm³/mol. The first-order valence-corrected chi connectivity index (χ1v) is 7.49. The molecule has 0 aliphatic carbocycles. The lowest BCUT2D eigenvalue weighted by atomic mass is 10.1. The standard InChI is InChI=1S/C18H19NO4/c1-12-9-13(3-5-15(12)21-2)7-8-19-18(20)14-4-6-16-17(10-14)23-11-22-16/h3-6,9-10H,7-8,11H2,1-2H3,(H,19,20). The Morgan fingerprint density at radius 1 is 1.17 bits per heavy atom. The Morgan fingerprint density at radius 2 is 2.00 bits per heavy atom. The van der Waals surface area contributed by atoms with Crippen LogP contribution < -0.4 is 19.5 Å². The van der Waals surface area contributed by atoms with E-state index < -0.39 is 0 Å². The first-order valence-electron chi connectivity index (χ1n) is 7.49. The molecule has 5 nitrogen and oxygen atoms in total. The number of rotatable bonds is 5. The van der Waals surface area contributed by atoms with E-state index in [0.29, 0.717) is 23.6 Å². The lowest BCUT2D eigenvalue weighted by Gasteiger charge is -2.09. The van der Waals surface area contributed by atoms with Gasteiger partial charge in [-0.1, -0.05) is 12.1 Å². The lowest BCUT2D eigenvalue weighted by Crippen LogP contribution is -2.25. The molecule has 2 aromatic rings. The van der Waals surface area contributed by atoms with Crippen LogP contribution in [0.4, 0.5) is 0 Å². The quantitative estimate of drug-likeness (QED) is 0.922. The zero-order valence-electron chi connectivity index (χ0n) is 13.2. The SMILES string of the molecule is COc1ccc(CCNC(=O)c2ccc3c(c2)OCO3)cc1C. The highest BCUT2D eigenvalue weighted by atomic mass is 16.7. The Labute approximate surface area is 135 Å². The van der Waals surface area contributed by atoms with Crippen LogP contribution in [0.5, 0.6) is 17.2 Å². The molecule has 1 aliphatic rings. The minimum absolute atomic E-state index is 0.117. The van der Waals surface area contributed by atoms with Crippen LogP contribution in [0.2, 0.25) is 0 Å². The van der Waals surface area contributed by atoms with Crippen LogP contribution in [0.15, 0.2) is 36.4 Å². The predicted octanol–water partition coefficient (Wildman–Crippen LogP) is 2.70. The normalized spacial score (nSPS) is 12.1. The van der Waals surface area contributed by atoms with Gasteiger partial charge in [0.2, 0.25) is 6.79 Å². The maximum atomic E-state index is 12.2. The topological polar surface area (TPSA) is 56.8 Å². The number of ether oxygens (including phenoxy) is 3. The van der Waals surface area contributed by atoms with Crippen molar-refractivity contribution in [3.05, 3.63) is 53.1 Å². The maximum absolute atomic E-state index is 12.2. The average molecular weight is 313 g/mol. The first-order chi connectivity index (χ1) is 11.2. The maximum Gasteiger partial charge on any atom is 0.251 e. The Bertz CT molecular complexity index is 727. The molecule has 120 valence electrons. The number of nitrogens with one attached hydrogen (secondary N) is 1. The average Bonchev–Trinajstić information content (AvgIpc) is 3.02. The smallest absolute Gasteiger partial charge is 0.251 e. The van der Waals surface area contributed by atoms with Crippen LogP contribution in [-0.2, 0) is 6.42 Å². The highest BCUT2D eigenvalue weighted by Gasteiger charge is 2.15. The summed E-state index contributed by atoms with van der Waals surface area (Å²) in [6.45, 7) is 2.78. The zero-order valence-corrected chi connectivity index (χ0v) is 13.2. The van der Waals surface area contributed by atoms with Crippen LogP contribution in [0, 0.1) is 6.92 Å². The van der Waals surface area contributed by atoms with Gasteiger partial charge in [0, 0.05) is 12.1 Å². The van der Waals surface area contributed by atoms with Gasteiger partial charge >= 0.3 is 0 Å². The number of carbonyl (C=O) groups is 1. The van der Waals surface area contributed by atoms with E-state index in [1.807, 2.05) is 19.1 Å². The molecule has 1 amide bonds. The molecule has 0 spiro atoms. The molecular weight excluding hydrogens is 294 g/mol. The van der Waals surface area contributed by atoms with Gasteiger partial charge in [0.15, 0.2) is 11.5 Å². The van der Waals surface area contributed by atoms with Crippen molar-refractivity contribution in [2.45, 2.75) is 13.3 Å². The molecule has 2 aromatic carbocycles. The van der Waals surface area contributed by atoms with E-state index >= 15 is 0 Å². The van der Waals surface area contributed by atoms with Crippen molar-refractivity contribution in [2.75, 3.05) is 20.4 Å². The molecule has 23 heavy (non-hydrogen) atoms. The fourth-order valence-electron chi connectivity index (χ4n) is 2.56. The number of amides is 1. The van der Waals surface area contributed by atoms with Crippen molar-refractivity contribution in [3.8, 4) is 17.2 Å². The number of methoxy groups -OCH3 is 1. The minimum Gasteiger partial charge on any atom is -0.496 e. The zero-order chi connectivity index (χ0) is 16.2. The summed E-state index contributed by atoms with van der Waals surface area (Å²) in [4.78, 5) is 12.2. The van der Waals surface area contributed by atoms with Gasteiger partial charge in [-0.2, -0.15) is 0 Å². The molecule has 0 saturated carbocycles. The van der Waals surface area contributed by atoms with Gasteiger partial charge in [0.1, 0.15) is 5.75 Å². The van der Waals surface area contributed by atoms with E-state index in [9.17, 15) is 4.79 Å². The molecule has 0 radical (unpaired) electrons.